The van der Waals surface area contributed by atoms with Gasteiger partial charge in [0, 0.05) is 29.1 Å². The number of rotatable bonds is 13. The first-order valence-electron chi connectivity index (χ1n) is 12.0. The number of para-hydroxylation sites is 1. The van der Waals surface area contributed by atoms with Crippen LogP contribution in [0.5, 0.6) is 0 Å². The molecule has 0 radical (unpaired) electrons. The van der Waals surface area contributed by atoms with Crippen LogP contribution < -0.4 is 32.3 Å². The number of hydrogen-bond donors (Lipinski definition) is 7. The molecule has 0 bridgehead atoms. The van der Waals surface area contributed by atoms with E-state index in [0.29, 0.717) is 5.56 Å². The second-order valence-electron chi connectivity index (χ2n) is 8.46. The average Bonchev–Trinajstić information content (AvgIpc) is 3.35. The van der Waals surface area contributed by atoms with Gasteiger partial charge in [0.05, 0.1) is 26.2 Å². The minimum Gasteiger partial charge on any atom is -0.368 e. The monoisotopic (exact) mass is 535 g/mol. The maximum absolute atomic E-state index is 12.3. The Morgan fingerprint density at radius 2 is 1.23 bits per heavy atom. The molecule has 6 amide bonds. The molecule has 3 rings (SSSR count). The molecule has 8 N–H and O–H groups in total. The predicted molar refractivity (Wildman–Crippen MR) is 141 cm³/mol. The summed E-state index contributed by atoms with van der Waals surface area (Å²) in [4.78, 5) is 74.9. The van der Waals surface area contributed by atoms with E-state index in [-0.39, 0.29) is 13.0 Å². The van der Waals surface area contributed by atoms with E-state index in [4.69, 9.17) is 5.73 Å². The highest BCUT2D eigenvalue weighted by atomic mass is 16.2. The standard InChI is InChI=1S/C26H29N7O6/c27-25(38)20(10-17-11-28-19-9-5-4-8-18(17)19)33-24(37)15-31-22(35)13-29-21(34)12-30-23(36)14-32-26(39)16-6-2-1-3-7-16/h1-9,11,20,28H,10,12-15H2,(H2,27,38)(H,29,34)(H,30,36)(H,31,35)(H,32,39)(H,33,37). The fourth-order valence-electron chi connectivity index (χ4n) is 3.56. The Kier molecular flexibility index (Phi) is 10.1. The molecule has 0 saturated carbocycles. The summed E-state index contributed by atoms with van der Waals surface area (Å²) in [5, 5.41) is 12.8. The molecule has 1 aromatic heterocycles. The van der Waals surface area contributed by atoms with Crippen molar-refractivity contribution in [1.82, 2.24) is 31.6 Å². The molecule has 0 aliphatic heterocycles. The lowest BCUT2D eigenvalue weighted by Gasteiger charge is -2.15. The van der Waals surface area contributed by atoms with E-state index in [0.717, 1.165) is 16.5 Å². The molecule has 0 aliphatic rings. The maximum atomic E-state index is 12.3. The van der Waals surface area contributed by atoms with Gasteiger partial charge in [0.15, 0.2) is 0 Å². The highest BCUT2D eigenvalue weighted by Crippen LogP contribution is 2.19. The smallest absolute Gasteiger partial charge is 0.251 e. The van der Waals surface area contributed by atoms with Gasteiger partial charge >= 0.3 is 0 Å². The van der Waals surface area contributed by atoms with Gasteiger partial charge in [-0.25, -0.2) is 0 Å². The number of fused-ring (bicyclic) bond motifs is 1. The highest BCUT2D eigenvalue weighted by molar-refractivity contribution is 5.97. The zero-order valence-electron chi connectivity index (χ0n) is 20.9. The van der Waals surface area contributed by atoms with Crippen molar-refractivity contribution < 1.29 is 28.8 Å². The normalized spacial score (nSPS) is 11.2. The Labute approximate surface area is 223 Å². The molecule has 13 nitrogen and oxygen atoms in total. The summed E-state index contributed by atoms with van der Waals surface area (Å²) in [6.45, 7) is -1.63. The minimum atomic E-state index is -0.991. The Balaban J connectivity index is 1.32. The number of nitrogens with two attached hydrogens (primary N) is 1. The molecule has 13 heteroatoms. The van der Waals surface area contributed by atoms with Gasteiger partial charge in [0.2, 0.25) is 29.5 Å². The van der Waals surface area contributed by atoms with Crippen LogP contribution in [0.25, 0.3) is 10.9 Å². The summed E-state index contributed by atoms with van der Waals surface area (Å²) >= 11 is 0. The number of primary amides is 1. The second-order valence-corrected chi connectivity index (χ2v) is 8.46. The van der Waals surface area contributed by atoms with Gasteiger partial charge in [-0.3, -0.25) is 28.8 Å². The van der Waals surface area contributed by atoms with E-state index >= 15 is 0 Å². The Morgan fingerprint density at radius 1 is 0.692 bits per heavy atom. The summed E-state index contributed by atoms with van der Waals surface area (Å²) in [5.41, 5.74) is 7.51. The van der Waals surface area contributed by atoms with E-state index in [2.05, 4.69) is 31.6 Å². The summed E-state index contributed by atoms with van der Waals surface area (Å²) in [5.74, 6) is -3.70. The van der Waals surface area contributed by atoms with Crippen LogP contribution >= 0.6 is 0 Å². The molecular weight excluding hydrogens is 506 g/mol. The van der Waals surface area contributed by atoms with Crippen molar-refractivity contribution in [2.24, 2.45) is 5.73 Å². The van der Waals surface area contributed by atoms with E-state index in [1.54, 1.807) is 36.5 Å². The third-order valence-electron chi connectivity index (χ3n) is 5.56. The number of amides is 6. The molecule has 0 saturated heterocycles. The molecule has 204 valence electrons. The second kappa shape index (κ2) is 13.9. The minimum absolute atomic E-state index is 0.163. The molecule has 1 heterocycles. The topological polar surface area (TPSA) is 204 Å². The maximum Gasteiger partial charge on any atom is 0.251 e. The van der Waals surface area contributed by atoms with Crippen LogP contribution in [0.1, 0.15) is 15.9 Å². The summed E-state index contributed by atoms with van der Waals surface area (Å²) in [7, 11) is 0. The lowest BCUT2D eigenvalue weighted by molar-refractivity contribution is -0.129. The van der Waals surface area contributed by atoms with Crippen molar-refractivity contribution in [3.05, 3.63) is 71.9 Å². The largest absolute Gasteiger partial charge is 0.368 e. The molecule has 0 fully saturated rings. The lowest BCUT2D eigenvalue weighted by Crippen LogP contribution is -2.50. The first-order valence-corrected chi connectivity index (χ1v) is 12.0. The number of nitrogens with one attached hydrogen (secondary N) is 6. The van der Waals surface area contributed by atoms with Crippen molar-refractivity contribution in [2.45, 2.75) is 12.5 Å². The van der Waals surface area contributed by atoms with Gasteiger partial charge in [0.25, 0.3) is 5.91 Å². The summed E-state index contributed by atoms with van der Waals surface area (Å²) < 4.78 is 0. The van der Waals surface area contributed by atoms with Crippen molar-refractivity contribution >= 4 is 46.3 Å². The van der Waals surface area contributed by atoms with Gasteiger partial charge in [0.1, 0.15) is 6.04 Å². The van der Waals surface area contributed by atoms with Crippen LogP contribution in [0, 0.1) is 0 Å². The SMILES string of the molecule is NC(=O)C(Cc1c[nH]c2ccccc12)NC(=O)CNC(=O)CNC(=O)CNC(=O)CNC(=O)c1ccccc1. The van der Waals surface area contributed by atoms with Crippen LogP contribution in [-0.4, -0.2) is 72.6 Å². The molecule has 0 aliphatic carbocycles. The first-order chi connectivity index (χ1) is 18.7. The predicted octanol–water partition coefficient (Wildman–Crippen LogP) is -1.54. The number of carbonyl (C=O) groups is 6. The number of carbonyl (C=O) groups excluding carboxylic acids is 6. The third-order valence-corrected chi connectivity index (χ3v) is 5.56. The third kappa shape index (κ3) is 9.00. The number of aromatic amines is 1. The molecule has 1 atom stereocenters. The van der Waals surface area contributed by atoms with E-state index in [9.17, 15) is 28.8 Å². The highest BCUT2D eigenvalue weighted by Gasteiger charge is 2.20. The van der Waals surface area contributed by atoms with Crippen LogP contribution in [0.2, 0.25) is 0 Å². The van der Waals surface area contributed by atoms with E-state index < -0.39 is 61.1 Å². The van der Waals surface area contributed by atoms with Gasteiger partial charge in [-0.1, -0.05) is 36.4 Å². The number of aromatic nitrogens is 1. The Bertz CT molecular complexity index is 1360. The van der Waals surface area contributed by atoms with Crippen LogP contribution in [0.3, 0.4) is 0 Å². The molecule has 0 spiro atoms. The summed E-state index contributed by atoms with van der Waals surface area (Å²) in [6, 6.07) is 14.8. The number of H-pyrrole nitrogens is 1. The average molecular weight is 536 g/mol. The van der Waals surface area contributed by atoms with Crippen molar-refractivity contribution in [2.75, 3.05) is 26.2 Å². The number of benzene rings is 2. The lowest BCUT2D eigenvalue weighted by atomic mass is 10.0. The zero-order chi connectivity index (χ0) is 28.2. The molecule has 1 unspecified atom stereocenters. The van der Waals surface area contributed by atoms with E-state index in [1.807, 2.05) is 24.3 Å². The van der Waals surface area contributed by atoms with Gasteiger partial charge in [-0.15, -0.1) is 0 Å². The van der Waals surface area contributed by atoms with Crippen LogP contribution in [-0.2, 0) is 30.4 Å². The molecular formula is C26H29N7O6. The first kappa shape index (κ1) is 28.4. The summed E-state index contributed by atoms with van der Waals surface area (Å²) in [6.07, 6.45) is 1.90. The van der Waals surface area contributed by atoms with Crippen molar-refractivity contribution in [3.63, 3.8) is 0 Å². The quantitative estimate of drug-likeness (QED) is 0.138. The van der Waals surface area contributed by atoms with Crippen LogP contribution in [0.15, 0.2) is 60.8 Å². The zero-order valence-corrected chi connectivity index (χ0v) is 20.9. The Hall–Kier alpha value is -5.20. The molecule has 3 aromatic rings. The fraction of sp³-hybridized carbons (Fsp3) is 0.231. The van der Waals surface area contributed by atoms with Gasteiger partial charge in [-0.05, 0) is 23.8 Å². The Morgan fingerprint density at radius 3 is 1.85 bits per heavy atom. The van der Waals surface area contributed by atoms with Crippen molar-refractivity contribution in [1.29, 1.82) is 0 Å². The molecule has 2 aromatic carbocycles. The number of hydrogen-bond acceptors (Lipinski definition) is 6. The van der Waals surface area contributed by atoms with Crippen LogP contribution in [0.4, 0.5) is 0 Å². The van der Waals surface area contributed by atoms with Crippen molar-refractivity contribution in [3.8, 4) is 0 Å². The fourth-order valence-corrected chi connectivity index (χ4v) is 3.56. The van der Waals surface area contributed by atoms with Gasteiger partial charge < -0.3 is 37.3 Å². The van der Waals surface area contributed by atoms with Gasteiger partial charge in [-0.2, -0.15) is 0 Å². The molecule has 39 heavy (non-hydrogen) atoms. The van der Waals surface area contributed by atoms with E-state index in [1.165, 1.54) is 0 Å².